The van der Waals surface area contributed by atoms with Crippen molar-refractivity contribution in [2.45, 2.75) is 0 Å². The molecule has 2 nitrogen and oxygen atoms in total. The Hall–Kier alpha value is -6.42. The van der Waals surface area contributed by atoms with E-state index in [4.69, 9.17) is 0 Å². The highest BCUT2D eigenvalue weighted by Gasteiger charge is 2.16. The number of thiophene rings is 1. The molecule has 8 aromatic carbocycles. The van der Waals surface area contributed by atoms with Gasteiger partial charge in [-0.15, -0.1) is 11.3 Å². The molecular formula is C48H30N2S. The Morgan fingerprint density at radius 3 is 1.47 bits per heavy atom. The molecule has 0 N–H and O–H groups in total. The van der Waals surface area contributed by atoms with Gasteiger partial charge >= 0.3 is 0 Å². The Morgan fingerprint density at radius 1 is 0.275 bits per heavy atom. The minimum absolute atomic E-state index is 1.15. The van der Waals surface area contributed by atoms with E-state index in [2.05, 4.69) is 191 Å². The number of benzene rings is 8. The van der Waals surface area contributed by atoms with Crippen LogP contribution in [0.4, 0.5) is 0 Å². The maximum atomic E-state index is 2.40. The van der Waals surface area contributed by atoms with Gasteiger partial charge in [0.05, 0.1) is 22.1 Å². The van der Waals surface area contributed by atoms with Gasteiger partial charge < -0.3 is 9.13 Å². The summed E-state index contributed by atoms with van der Waals surface area (Å²) in [6.07, 6.45) is 0. The van der Waals surface area contributed by atoms with Crippen molar-refractivity contribution in [2.75, 3.05) is 0 Å². The summed E-state index contributed by atoms with van der Waals surface area (Å²) in [6.45, 7) is 0. The zero-order valence-electron chi connectivity index (χ0n) is 27.6. The molecule has 0 amide bonds. The summed E-state index contributed by atoms with van der Waals surface area (Å²) in [4.78, 5) is 0. The molecule has 238 valence electrons. The highest BCUT2D eigenvalue weighted by Crippen LogP contribution is 2.39. The third-order valence-electron chi connectivity index (χ3n) is 10.5. The third kappa shape index (κ3) is 4.35. The molecule has 0 fully saturated rings. The number of rotatable bonds is 4. The first-order valence-corrected chi connectivity index (χ1v) is 18.2. The first kappa shape index (κ1) is 28.4. The van der Waals surface area contributed by atoms with E-state index in [1.165, 1.54) is 91.7 Å². The maximum Gasteiger partial charge on any atom is 0.0542 e. The smallest absolute Gasteiger partial charge is 0.0542 e. The second kappa shape index (κ2) is 11.0. The number of para-hydroxylation sites is 3. The average molecular weight is 667 g/mol. The van der Waals surface area contributed by atoms with Gasteiger partial charge in [0.15, 0.2) is 0 Å². The number of fused-ring (bicyclic) bond motifs is 9. The Kier molecular flexibility index (Phi) is 6.16. The predicted molar refractivity (Wildman–Crippen MR) is 219 cm³/mol. The second-order valence-electron chi connectivity index (χ2n) is 13.4. The lowest BCUT2D eigenvalue weighted by Crippen LogP contribution is -1.96. The van der Waals surface area contributed by atoms with Gasteiger partial charge in [-0.1, -0.05) is 109 Å². The molecule has 11 aromatic rings. The number of hydrogen-bond donors (Lipinski definition) is 0. The van der Waals surface area contributed by atoms with E-state index in [0.29, 0.717) is 0 Å². The van der Waals surface area contributed by atoms with E-state index in [1.807, 2.05) is 11.3 Å². The standard InChI is InChI=1S/C48H30N2S/c1-5-16-43-37(12-1)38-13-2-6-17-44(38)50(43)36-25-26-46-41(30-36)39-14-3-7-18-45(39)49(46)35-23-20-31(21-24-35)32-10-9-11-33(28-32)34-22-27-48-42(29-34)40-15-4-8-19-47(40)51-48/h1-30H. The predicted octanol–water partition coefficient (Wildman–Crippen LogP) is 13.6. The average Bonchev–Trinajstić information content (AvgIpc) is 3.85. The minimum atomic E-state index is 1.15. The van der Waals surface area contributed by atoms with Crippen molar-refractivity contribution in [1.82, 2.24) is 9.13 Å². The molecule has 3 aromatic heterocycles. The quantitative estimate of drug-likeness (QED) is 0.177. The second-order valence-corrected chi connectivity index (χ2v) is 14.4. The molecule has 51 heavy (non-hydrogen) atoms. The van der Waals surface area contributed by atoms with Crippen molar-refractivity contribution >= 4 is 75.1 Å². The SMILES string of the molecule is c1cc(-c2ccc(-n3c4ccccc4c4cc(-n5c6ccccc6c6ccccc65)ccc43)cc2)cc(-c2ccc3sc4ccccc4c3c2)c1. The minimum Gasteiger partial charge on any atom is -0.309 e. The fourth-order valence-electron chi connectivity index (χ4n) is 8.17. The van der Waals surface area contributed by atoms with E-state index < -0.39 is 0 Å². The molecule has 3 heterocycles. The molecule has 0 saturated heterocycles. The molecule has 3 heteroatoms. The summed E-state index contributed by atoms with van der Waals surface area (Å²) >= 11 is 1.86. The van der Waals surface area contributed by atoms with Gasteiger partial charge in [-0.2, -0.15) is 0 Å². The van der Waals surface area contributed by atoms with Crippen LogP contribution in [0, 0.1) is 0 Å². The molecule has 11 rings (SSSR count). The van der Waals surface area contributed by atoms with Crippen LogP contribution in [0.1, 0.15) is 0 Å². The van der Waals surface area contributed by atoms with E-state index in [9.17, 15) is 0 Å². The number of aromatic nitrogens is 2. The monoisotopic (exact) mass is 666 g/mol. The van der Waals surface area contributed by atoms with E-state index in [0.717, 1.165) is 5.69 Å². The summed E-state index contributed by atoms with van der Waals surface area (Å²) in [5.74, 6) is 0. The normalized spacial score (nSPS) is 11.9. The Bertz CT molecular complexity index is 3080. The molecule has 0 unspecified atom stereocenters. The topological polar surface area (TPSA) is 9.86 Å². The van der Waals surface area contributed by atoms with Crippen molar-refractivity contribution in [1.29, 1.82) is 0 Å². The zero-order chi connectivity index (χ0) is 33.5. The van der Waals surface area contributed by atoms with Crippen LogP contribution in [0.2, 0.25) is 0 Å². The Balaban J connectivity index is 0.999. The third-order valence-corrected chi connectivity index (χ3v) is 11.7. The first-order chi connectivity index (χ1) is 25.3. The van der Waals surface area contributed by atoms with Gasteiger partial charge in [-0.25, -0.2) is 0 Å². The molecule has 0 atom stereocenters. The number of nitrogens with zero attached hydrogens (tertiary/aromatic N) is 2. The van der Waals surface area contributed by atoms with E-state index >= 15 is 0 Å². The van der Waals surface area contributed by atoms with Crippen LogP contribution in [0.5, 0.6) is 0 Å². The summed E-state index contributed by atoms with van der Waals surface area (Å²) in [5, 5.41) is 7.71. The molecule has 0 radical (unpaired) electrons. The van der Waals surface area contributed by atoms with Gasteiger partial charge in [0.25, 0.3) is 0 Å². The van der Waals surface area contributed by atoms with Gasteiger partial charge in [0.2, 0.25) is 0 Å². The Morgan fingerprint density at radius 2 is 0.765 bits per heavy atom. The van der Waals surface area contributed by atoms with E-state index in [1.54, 1.807) is 0 Å². The highest BCUT2D eigenvalue weighted by molar-refractivity contribution is 7.25. The molecule has 0 bridgehead atoms. The summed E-state index contributed by atoms with van der Waals surface area (Å²) in [6, 6.07) is 66.7. The fourth-order valence-corrected chi connectivity index (χ4v) is 9.25. The number of hydrogen-bond acceptors (Lipinski definition) is 1. The van der Waals surface area contributed by atoms with Gasteiger partial charge in [0.1, 0.15) is 0 Å². The van der Waals surface area contributed by atoms with Crippen LogP contribution in [-0.2, 0) is 0 Å². The van der Waals surface area contributed by atoms with Crippen LogP contribution >= 0.6 is 11.3 Å². The molecule has 0 aliphatic heterocycles. The maximum absolute atomic E-state index is 2.40. The largest absolute Gasteiger partial charge is 0.309 e. The Labute approximate surface area is 298 Å². The van der Waals surface area contributed by atoms with Crippen LogP contribution in [0.3, 0.4) is 0 Å². The summed E-state index contributed by atoms with van der Waals surface area (Å²) in [5.41, 5.74) is 12.1. The van der Waals surface area contributed by atoms with Gasteiger partial charge in [-0.3, -0.25) is 0 Å². The van der Waals surface area contributed by atoms with E-state index in [-0.39, 0.29) is 0 Å². The molecule has 0 spiro atoms. The van der Waals surface area contributed by atoms with Crippen molar-refractivity contribution in [3.63, 3.8) is 0 Å². The fraction of sp³-hybridized carbons (Fsp3) is 0. The lowest BCUT2D eigenvalue weighted by molar-refractivity contribution is 1.17. The van der Waals surface area contributed by atoms with Crippen LogP contribution in [0.15, 0.2) is 182 Å². The van der Waals surface area contributed by atoms with Gasteiger partial charge in [0, 0.05) is 53.1 Å². The highest BCUT2D eigenvalue weighted by atomic mass is 32.1. The van der Waals surface area contributed by atoms with Crippen LogP contribution in [0.25, 0.3) is 97.4 Å². The van der Waals surface area contributed by atoms with Crippen LogP contribution < -0.4 is 0 Å². The zero-order valence-corrected chi connectivity index (χ0v) is 28.4. The van der Waals surface area contributed by atoms with Gasteiger partial charge in [-0.05, 0) is 95.1 Å². The summed E-state index contributed by atoms with van der Waals surface area (Å²) in [7, 11) is 0. The summed E-state index contributed by atoms with van der Waals surface area (Å²) < 4.78 is 7.48. The molecule has 0 aliphatic rings. The van der Waals surface area contributed by atoms with Crippen molar-refractivity contribution in [3.05, 3.63) is 182 Å². The lowest BCUT2D eigenvalue weighted by Gasteiger charge is -2.11. The van der Waals surface area contributed by atoms with Crippen molar-refractivity contribution < 1.29 is 0 Å². The molecule has 0 saturated carbocycles. The van der Waals surface area contributed by atoms with Crippen LogP contribution in [-0.4, -0.2) is 9.13 Å². The van der Waals surface area contributed by atoms with Crippen molar-refractivity contribution in [2.24, 2.45) is 0 Å². The molecular weight excluding hydrogens is 637 g/mol. The van der Waals surface area contributed by atoms with Crippen molar-refractivity contribution in [3.8, 4) is 33.6 Å². The molecule has 0 aliphatic carbocycles. The lowest BCUT2D eigenvalue weighted by atomic mass is 9.98. The first-order valence-electron chi connectivity index (χ1n) is 17.4.